The molecule has 2 rings (SSSR count). The second kappa shape index (κ2) is 6.39. The second-order valence-electron chi connectivity index (χ2n) is 4.96. The molecule has 0 saturated heterocycles. The van der Waals surface area contributed by atoms with Gasteiger partial charge in [-0.15, -0.1) is 0 Å². The van der Waals surface area contributed by atoms with Gasteiger partial charge in [0.1, 0.15) is 5.82 Å². The molecule has 1 N–H and O–H groups in total. The molecule has 1 aliphatic carbocycles. The number of rotatable bonds is 5. The molecule has 0 amide bonds. The fourth-order valence-electron chi connectivity index (χ4n) is 2.53. The maximum absolute atomic E-state index is 6.18. The van der Waals surface area contributed by atoms with E-state index >= 15 is 0 Å². The van der Waals surface area contributed by atoms with E-state index in [1.807, 2.05) is 0 Å². The van der Waals surface area contributed by atoms with Gasteiger partial charge in [-0.1, -0.05) is 31.4 Å². The van der Waals surface area contributed by atoms with E-state index in [0.717, 1.165) is 29.5 Å². The van der Waals surface area contributed by atoms with Crippen LogP contribution in [0, 0.1) is 0 Å². The minimum atomic E-state index is 0.644. The minimum absolute atomic E-state index is 0.644. The topological polar surface area (TPSA) is 28.2 Å². The van der Waals surface area contributed by atoms with Crippen LogP contribution in [0.15, 0.2) is 12.3 Å². The molecular weight excluding hydrogens is 246 g/mol. The number of hydrogen-bond acceptors (Lipinski definition) is 3. The van der Waals surface area contributed by atoms with Crippen LogP contribution in [-0.4, -0.2) is 24.6 Å². The lowest BCUT2D eigenvalue weighted by molar-refractivity contribution is 0.645. The summed E-state index contributed by atoms with van der Waals surface area (Å²) < 4.78 is 0. The molecule has 0 spiro atoms. The molecule has 0 aromatic carbocycles. The molecule has 1 saturated carbocycles. The van der Waals surface area contributed by atoms with Gasteiger partial charge in [-0.25, -0.2) is 4.98 Å². The van der Waals surface area contributed by atoms with E-state index in [0.29, 0.717) is 6.04 Å². The smallest absolute Gasteiger partial charge is 0.128 e. The van der Waals surface area contributed by atoms with Crippen LogP contribution < -0.4 is 10.2 Å². The highest BCUT2D eigenvalue weighted by molar-refractivity contribution is 6.31. The Morgan fingerprint density at radius 2 is 2.17 bits per heavy atom. The molecule has 1 aliphatic rings. The Morgan fingerprint density at radius 1 is 1.44 bits per heavy atom. The van der Waals surface area contributed by atoms with Gasteiger partial charge >= 0.3 is 0 Å². The van der Waals surface area contributed by atoms with Crippen molar-refractivity contribution in [1.29, 1.82) is 0 Å². The lowest BCUT2D eigenvalue weighted by atomic mass is 10.2. The summed E-state index contributed by atoms with van der Waals surface area (Å²) in [6.45, 7) is 3.86. The third kappa shape index (κ3) is 3.15. The highest BCUT2D eigenvalue weighted by atomic mass is 35.5. The Balaban J connectivity index is 2.12. The fraction of sp³-hybridized carbons (Fsp3) is 0.643. The predicted octanol–water partition coefficient (Wildman–Crippen LogP) is 3.22. The molecule has 1 fully saturated rings. The van der Waals surface area contributed by atoms with Gasteiger partial charge in [-0.3, -0.25) is 0 Å². The normalized spacial score (nSPS) is 16.2. The number of nitrogens with one attached hydrogen (secondary N) is 1. The molecule has 3 nitrogen and oxygen atoms in total. The van der Waals surface area contributed by atoms with Crippen LogP contribution in [0.3, 0.4) is 0 Å². The average molecular weight is 268 g/mol. The van der Waals surface area contributed by atoms with E-state index in [-0.39, 0.29) is 0 Å². The highest BCUT2D eigenvalue weighted by Gasteiger charge is 2.21. The van der Waals surface area contributed by atoms with Crippen LogP contribution in [0.2, 0.25) is 5.02 Å². The predicted molar refractivity (Wildman–Crippen MR) is 77.3 cm³/mol. The first-order chi connectivity index (χ1) is 8.72. The summed E-state index contributed by atoms with van der Waals surface area (Å²) in [5, 5.41) is 4.06. The molecule has 0 unspecified atom stereocenters. The Morgan fingerprint density at radius 3 is 2.83 bits per heavy atom. The standard InChI is InChI=1S/C14H22ClN3/c1-3-16-9-11-8-14(17-10-13(11)15)18(2)12-6-4-5-7-12/h8,10,12,16H,3-7,9H2,1-2H3. The number of anilines is 1. The molecule has 100 valence electrons. The van der Waals surface area contributed by atoms with Crippen molar-refractivity contribution in [3.05, 3.63) is 22.8 Å². The second-order valence-corrected chi connectivity index (χ2v) is 5.37. The van der Waals surface area contributed by atoms with Crippen molar-refractivity contribution in [2.24, 2.45) is 0 Å². The zero-order valence-electron chi connectivity index (χ0n) is 11.2. The first-order valence-electron chi connectivity index (χ1n) is 6.80. The molecule has 18 heavy (non-hydrogen) atoms. The molecule has 1 aromatic heterocycles. The van der Waals surface area contributed by atoms with Crippen LogP contribution in [0.5, 0.6) is 0 Å². The summed E-state index contributed by atoms with van der Waals surface area (Å²) >= 11 is 6.18. The lowest BCUT2D eigenvalue weighted by Gasteiger charge is -2.26. The minimum Gasteiger partial charge on any atom is -0.357 e. The maximum Gasteiger partial charge on any atom is 0.128 e. The number of hydrogen-bond donors (Lipinski definition) is 1. The number of aromatic nitrogens is 1. The third-order valence-electron chi connectivity index (χ3n) is 3.72. The maximum atomic E-state index is 6.18. The first-order valence-corrected chi connectivity index (χ1v) is 7.18. The molecule has 0 radical (unpaired) electrons. The van der Waals surface area contributed by atoms with Crippen molar-refractivity contribution < 1.29 is 0 Å². The zero-order chi connectivity index (χ0) is 13.0. The number of halogens is 1. The summed E-state index contributed by atoms with van der Waals surface area (Å²) in [6.07, 6.45) is 7.02. The van der Waals surface area contributed by atoms with E-state index < -0.39 is 0 Å². The van der Waals surface area contributed by atoms with Crippen molar-refractivity contribution >= 4 is 17.4 Å². The fourth-order valence-corrected chi connectivity index (χ4v) is 2.70. The summed E-state index contributed by atoms with van der Waals surface area (Å²) in [5.74, 6) is 1.04. The SMILES string of the molecule is CCNCc1cc(N(C)C2CCCC2)ncc1Cl. The average Bonchev–Trinajstić information content (AvgIpc) is 2.91. The van der Waals surface area contributed by atoms with Crippen molar-refractivity contribution in [3.8, 4) is 0 Å². The third-order valence-corrected chi connectivity index (χ3v) is 4.06. The summed E-state index contributed by atoms with van der Waals surface area (Å²) in [6, 6.07) is 2.76. The van der Waals surface area contributed by atoms with Crippen LogP contribution in [0.25, 0.3) is 0 Å². The Kier molecular flexibility index (Phi) is 4.84. The molecule has 0 bridgehead atoms. The van der Waals surface area contributed by atoms with E-state index in [4.69, 9.17) is 11.6 Å². The Hall–Kier alpha value is -0.800. The quantitative estimate of drug-likeness (QED) is 0.888. The van der Waals surface area contributed by atoms with Gasteiger partial charge in [0.05, 0.1) is 5.02 Å². The van der Waals surface area contributed by atoms with Crippen LogP contribution in [0.4, 0.5) is 5.82 Å². The number of pyridine rings is 1. The van der Waals surface area contributed by atoms with E-state index in [9.17, 15) is 0 Å². The van der Waals surface area contributed by atoms with Gasteiger partial charge in [0.15, 0.2) is 0 Å². The van der Waals surface area contributed by atoms with Crippen molar-refractivity contribution in [2.45, 2.75) is 45.2 Å². The van der Waals surface area contributed by atoms with Gasteiger partial charge in [0.2, 0.25) is 0 Å². The molecule has 0 aliphatic heterocycles. The van der Waals surface area contributed by atoms with E-state index in [2.05, 4.69) is 35.2 Å². The molecular formula is C14H22ClN3. The zero-order valence-corrected chi connectivity index (χ0v) is 12.0. The monoisotopic (exact) mass is 267 g/mol. The Labute approximate surface area is 115 Å². The molecule has 1 heterocycles. The van der Waals surface area contributed by atoms with Gasteiger partial charge < -0.3 is 10.2 Å². The molecule has 0 atom stereocenters. The molecule has 4 heteroatoms. The molecule has 1 aromatic rings. The first kappa shape index (κ1) is 13.6. The highest BCUT2D eigenvalue weighted by Crippen LogP contribution is 2.27. The van der Waals surface area contributed by atoms with Crippen molar-refractivity contribution in [2.75, 3.05) is 18.5 Å². The van der Waals surface area contributed by atoms with Crippen molar-refractivity contribution in [3.63, 3.8) is 0 Å². The number of nitrogens with zero attached hydrogens (tertiary/aromatic N) is 2. The van der Waals surface area contributed by atoms with Gasteiger partial charge in [-0.2, -0.15) is 0 Å². The van der Waals surface area contributed by atoms with Crippen LogP contribution in [-0.2, 0) is 6.54 Å². The van der Waals surface area contributed by atoms with E-state index in [1.165, 1.54) is 25.7 Å². The van der Waals surface area contributed by atoms with Crippen molar-refractivity contribution in [1.82, 2.24) is 10.3 Å². The lowest BCUT2D eigenvalue weighted by Crippen LogP contribution is -2.29. The largest absolute Gasteiger partial charge is 0.357 e. The van der Waals surface area contributed by atoms with Gasteiger partial charge in [0, 0.05) is 25.8 Å². The van der Waals surface area contributed by atoms with Gasteiger partial charge in [-0.05, 0) is 31.0 Å². The summed E-state index contributed by atoms with van der Waals surface area (Å²) in [7, 11) is 2.14. The summed E-state index contributed by atoms with van der Waals surface area (Å²) in [5.41, 5.74) is 1.13. The Bertz CT molecular complexity index is 389. The van der Waals surface area contributed by atoms with Crippen LogP contribution >= 0.6 is 11.6 Å². The van der Waals surface area contributed by atoms with Crippen LogP contribution in [0.1, 0.15) is 38.2 Å². The van der Waals surface area contributed by atoms with Gasteiger partial charge in [0.25, 0.3) is 0 Å². The van der Waals surface area contributed by atoms with E-state index in [1.54, 1.807) is 6.20 Å². The summed E-state index contributed by atoms with van der Waals surface area (Å²) in [4.78, 5) is 6.76.